The number of hydrogen-bond acceptors (Lipinski definition) is 0. The lowest BCUT2D eigenvalue weighted by molar-refractivity contribution is -0.647. The Bertz CT molecular complexity index is 703. The van der Waals surface area contributed by atoms with Gasteiger partial charge in [-0.2, -0.15) is 0 Å². The smallest absolute Gasteiger partial charge is 0.226 e. The van der Waals surface area contributed by atoms with Crippen LogP contribution in [0.15, 0.2) is 54.6 Å². The fraction of sp³-hybridized carbons (Fsp3) is 0.118. The molecule has 2 aromatic carbocycles. The van der Waals surface area contributed by atoms with Gasteiger partial charge in [0.25, 0.3) is 5.82 Å². The quantitative estimate of drug-likeness (QED) is 0.636. The van der Waals surface area contributed by atoms with Crippen LogP contribution in [0.3, 0.4) is 0 Å². The van der Waals surface area contributed by atoms with E-state index in [-0.39, 0.29) is 12.4 Å². The predicted molar refractivity (Wildman–Crippen MR) is 86.7 cm³/mol. The minimum absolute atomic E-state index is 0. The molecule has 0 saturated heterocycles. The van der Waals surface area contributed by atoms with Crippen LogP contribution in [0.1, 0.15) is 11.4 Å². The SMILES string of the molecule is Cl.Cn1c(/C=C/c2ccccc2)[n+](C)c2ccccc21. The van der Waals surface area contributed by atoms with Crippen LogP contribution in [0, 0.1) is 0 Å². The molecular weight excluding hydrogens is 268 g/mol. The number of aryl methyl sites for hydroxylation is 2. The number of para-hydroxylation sites is 2. The zero-order chi connectivity index (χ0) is 13.2. The molecule has 0 atom stereocenters. The van der Waals surface area contributed by atoms with Crippen LogP contribution in [-0.4, -0.2) is 4.57 Å². The van der Waals surface area contributed by atoms with Crippen LogP contribution in [0.2, 0.25) is 0 Å². The molecule has 2 nitrogen and oxygen atoms in total. The first-order valence-corrected chi connectivity index (χ1v) is 6.44. The summed E-state index contributed by atoms with van der Waals surface area (Å²) >= 11 is 0. The topological polar surface area (TPSA) is 8.81 Å². The van der Waals surface area contributed by atoms with Crippen molar-refractivity contribution in [3.8, 4) is 0 Å². The van der Waals surface area contributed by atoms with Crippen LogP contribution in [0.5, 0.6) is 0 Å². The number of aromatic nitrogens is 2. The number of fused-ring (bicyclic) bond motifs is 1. The number of imidazole rings is 1. The van der Waals surface area contributed by atoms with Gasteiger partial charge >= 0.3 is 0 Å². The molecule has 0 fully saturated rings. The Morgan fingerprint density at radius 3 is 2.25 bits per heavy atom. The van der Waals surface area contributed by atoms with Gasteiger partial charge in [0.2, 0.25) is 0 Å². The lowest BCUT2D eigenvalue weighted by Gasteiger charge is -1.93. The summed E-state index contributed by atoms with van der Waals surface area (Å²) in [7, 11) is 4.21. The van der Waals surface area contributed by atoms with Gasteiger partial charge in [-0.05, 0) is 23.8 Å². The molecule has 3 aromatic rings. The van der Waals surface area contributed by atoms with Gasteiger partial charge in [-0.15, -0.1) is 12.4 Å². The molecule has 3 rings (SSSR count). The van der Waals surface area contributed by atoms with Crippen molar-refractivity contribution < 1.29 is 4.57 Å². The number of benzene rings is 2. The Kier molecular flexibility index (Phi) is 4.26. The molecule has 1 aromatic heterocycles. The van der Waals surface area contributed by atoms with Crippen molar-refractivity contribution in [3.63, 3.8) is 0 Å². The number of nitrogens with zero attached hydrogens (tertiary/aromatic N) is 2. The molecule has 1 heterocycles. The Morgan fingerprint density at radius 2 is 1.55 bits per heavy atom. The first-order chi connectivity index (χ1) is 9.27. The third-order valence-corrected chi connectivity index (χ3v) is 3.52. The lowest BCUT2D eigenvalue weighted by atomic mass is 10.2. The van der Waals surface area contributed by atoms with Crippen LogP contribution in [-0.2, 0) is 14.1 Å². The summed E-state index contributed by atoms with van der Waals surface area (Å²) in [6.45, 7) is 0. The van der Waals surface area contributed by atoms with Gasteiger partial charge in [-0.3, -0.25) is 0 Å². The van der Waals surface area contributed by atoms with Crippen molar-refractivity contribution in [2.45, 2.75) is 0 Å². The normalized spacial score (nSPS) is 10.9. The van der Waals surface area contributed by atoms with Crippen LogP contribution in [0.4, 0.5) is 0 Å². The van der Waals surface area contributed by atoms with Gasteiger partial charge in [-0.25, -0.2) is 9.13 Å². The molecule has 102 valence electrons. The highest BCUT2D eigenvalue weighted by atomic mass is 35.5. The van der Waals surface area contributed by atoms with E-state index in [1.807, 2.05) is 6.07 Å². The molecule has 0 saturated carbocycles. The maximum Gasteiger partial charge on any atom is 0.281 e. The Balaban J connectivity index is 0.00000147. The maximum absolute atomic E-state index is 2.22. The van der Waals surface area contributed by atoms with Crippen molar-refractivity contribution in [3.05, 3.63) is 66.0 Å². The minimum atomic E-state index is 0. The van der Waals surface area contributed by atoms with Gasteiger partial charge < -0.3 is 0 Å². The van der Waals surface area contributed by atoms with Crippen molar-refractivity contribution in [2.24, 2.45) is 14.1 Å². The van der Waals surface area contributed by atoms with E-state index in [1.54, 1.807) is 0 Å². The van der Waals surface area contributed by atoms with Crippen molar-refractivity contribution in [2.75, 3.05) is 0 Å². The van der Waals surface area contributed by atoms with E-state index in [0.29, 0.717) is 0 Å². The van der Waals surface area contributed by atoms with E-state index < -0.39 is 0 Å². The second-order valence-corrected chi connectivity index (χ2v) is 4.71. The molecule has 20 heavy (non-hydrogen) atoms. The number of rotatable bonds is 2. The Hall–Kier alpha value is -2.06. The molecule has 0 N–H and O–H groups in total. The first kappa shape index (κ1) is 14.4. The van der Waals surface area contributed by atoms with Gasteiger partial charge in [0.05, 0.1) is 14.1 Å². The van der Waals surface area contributed by atoms with E-state index in [0.717, 1.165) is 0 Å². The average molecular weight is 286 g/mol. The van der Waals surface area contributed by atoms with E-state index >= 15 is 0 Å². The molecule has 0 aliphatic carbocycles. The second-order valence-electron chi connectivity index (χ2n) is 4.71. The number of hydrogen-bond donors (Lipinski definition) is 0. The van der Waals surface area contributed by atoms with Crippen LogP contribution < -0.4 is 4.57 Å². The second kappa shape index (κ2) is 5.93. The molecule has 3 heteroatoms. The summed E-state index contributed by atoms with van der Waals surface area (Å²) in [6, 6.07) is 18.8. The lowest BCUT2D eigenvalue weighted by Crippen LogP contribution is -2.30. The summed E-state index contributed by atoms with van der Waals surface area (Å²) in [5, 5.41) is 0. The fourth-order valence-corrected chi connectivity index (χ4v) is 2.46. The van der Waals surface area contributed by atoms with E-state index in [1.165, 1.54) is 22.4 Å². The summed E-state index contributed by atoms with van der Waals surface area (Å²) in [6.07, 6.45) is 4.31. The summed E-state index contributed by atoms with van der Waals surface area (Å²) in [4.78, 5) is 0. The predicted octanol–water partition coefficient (Wildman–Crippen LogP) is 3.60. The highest BCUT2D eigenvalue weighted by Gasteiger charge is 2.16. The van der Waals surface area contributed by atoms with Gasteiger partial charge in [0.15, 0.2) is 11.0 Å². The average Bonchev–Trinajstić information content (AvgIpc) is 2.71. The zero-order valence-electron chi connectivity index (χ0n) is 11.7. The summed E-state index contributed by atoms with van der Waals surface area (Å²) < 4.78 is 4.43. The van der Waals surface area contributed by atoms with Gasteiger partial charge in [0, 0.05) is 6.08 Å². The third kappa shape index (κ3) is 2.47. The number of halogens is 1. The Labute approximate surface area is 125 Å². The van der Waals surface area contributed by atoms with Crippen molar-refractivity contribution in [1.82, 2.24) is 4.57 Å². The highest BCUT2D eigenvalue weighted by Crippen LogP contribution is 2.14. The first-order valence-electron chi connectivity index (χ1n) is 6.44. The van der Waals surface area contributed by atoms with Gasteiger partial charge in [-0.1, -0.05) is 42.5 Å². The summed E-state index contributed by atoms with van der Waals surface area (Å²) in [5.74, 6) is 1.19. The summed E-state index contributed by atoms with van der Waals surface area (Å²) in [5.41, 5.74) is 3.71. The standard InChI is InChI=1S/C17H17N2.ClH/c1-18-15-10-6-7-11-16(15)19(2)17(18)13-12-14-8-4-3-5-9-14;/h3-13H,1-2H3;1H/q+1;/b13-12+;. The van der Waals surface area contributed by atoms with Crippen LogP contribution in [0.25, 0.3) is 23.2 Å². The zero-order valence-corrected chi connectivity index (χ0v) is 12.5. The molecule has 0 radical (unpaired) electrons. The fourth-order valence-electron chi connectivity index (χ4n) is 2.46. The minimum Gasteiger partial charge on any atom is -0.226 e. The van der Waals surface area contributed by atoms with Gasteiger partial charge in [0.1, 0.15) is 0 Å². The monoisotopic (exact) mass is 285 g/mol. The molecule has 0 amide bonds. The molecule has 0 aliphatic rings. The maximum atomic E-state index is 2.22. The van der Waals surface area contributed by atoms with Crippen molar-refractivity contribution >= 4 is 35.6 Å². The highest BCUT2D eigenvalue weighted by molar-refractivity contribution is 5.85. The largest absolute Gasteiger partial charge is 0.281 e. The van der Waals surface area contributed by atoms with Crippen molar-refractivity contribution in [1.29, 1.82) is 0 Å². The van der Waals surface area contributed by atoms with Crippen LogP contribution >= 0.6 is 12.4 Å². The molecule has 0 spiro atoms. The molecule has 0 bridgehead atoms. The van der Waals surface area contributed by atoms with E-state index in [9.17, 15) is 0 Å². The van der Waals surface area contributed by atoms with E-state index in [4.69, 9.17) is 0 Å². The molecular formula is C17H18ClN2+. The van der Waals surface area contributed by atoms with E-state index in [2.05, 4.69) is 83.9 Å². The Morgan fingerprint density at radius 1 is 0.900 bits per heavy atom. The molecule has 0 aliphatic heterocycles. The molecule has 0 unspecified atom stereocenters. The third-order valence-electron chi connectivity index (χ3n) is 3.52.